The van der Waals surface area contributed by atoms with Gasteiger partial charge in [-0.25, -0.2) is 0 Å². The minimum atomic E-state index is -0.00427. The summed E-state index contributed by atoms with van der Waals surface area (Å²) in [5, 5.41) is 0. The van der Waals surface area contributed by atoms with Crippen molar-refractivity contribution in [3.8, 4) is 0 Å². The minimum absolute atomic E-state index is 0.00427. The van der Waals surface area contributed by atoms with Gasteiger partial charge in [-0.05, 0) is 38.8 Å². The summed E-state index contributed by atoms with van der Waals surface area (Å²) in [5.74, 6) is 0. The molecule has 0 aromatic rings. The highest BCUT2D eigenvalue weighted by Gasteiger charge is 2.32. The summed E-state index contributed by atoms with van der Waals surface area (Å²) in [6, 6.07) is 0. The van der Waals surface area contributed by atoms with E-state index >= 15 is 0 Å². The van der Waals surface area contributed by atoms with Gasteiger partial charge in [0.25, 0.3) is 0 Å². The van der Waals surface area contributed by atoms with E-state index in [1.165, 1.54) is 77.2 Å². The summed E-state index contributed by atoms with van der Waals surface area (Å²) in [5.41, 5.74) is -0.00427. The quantitative estimate of drug-likeness (QED) is 0.562. The second-order valence-corrected chi connectivity index (χ2v) is 6.44. The fourth-order valence-corrected chi connectivity index (χ4v) is 3.66. The molecule has 18 heavy (non-hydrogen) atoms. The first-order chi connectivity index (χ1) is 8.85. The number of carbonyl (C=O) groups excluding carboxylic acids is 1. The number of rotatable bonds is 3. The van der Waals surface area contributed by atoms with Gasteiger partial charge in [0.15, 0.2) is 0 Å². The van der Waals surface area contributed by atoms with Crippen molar-refractivity contribution >= 4 is 6.29 Å². The molecule has 0 atom stereocenters. The summed E-state index contributed by atoms with van der Waals surface area (Å²) in [6.07, 6.45) is 15.6. The average Bonchev–Trinajstić information content (AvgIpc) is 2.59. The van der Waals surface area contributed by atoms with E-state index < -0.39 is 0 Å². The van der Waals surface area contributed by atoms with Gasteiger partial charge in [0.1, 0.15) is 6.29 Å². The molecule has 2 heteroatoms. The predicted molar refractivity (Wildman–Crippen MR) is 75.7 cm³/mol. The zero-order valence-electron chi connectivity index (χ0n) is 11.8. The van der Waals surface area contributed by atoms with E-state index in [4.69, 9.17) is 0 Å². The SMILES string of the molecule is O=CC1(CN2CCCCCCC2)CCCCCC1. The van der Waals surface area contributed by atoms with E-state index in [1.54, 1.807) is 0 Å². The van der Waals surface area contributed by atoms with Crippen LogP contribution < -0.4 is 0 Å². The summed E-state index contributed by atoms with van der Waals surface area (Å²) in [6.45, 7) is 3.47. The molecule has 1 aliphatic carbocycles. The van der Waals surface area contributed by atoms with Crippen LogP contribution >= 0.6 is 0 Å². The Bertz CT molecular complexity index is 235. The minimum Gasteiger partial charge on any atom is -0.303 e. The number of aldehydes is 1. The lowest BCUT2D eigenvalue weighted by molar-refractivity contribution is -0.118. The summed E-state index contributed by atoms with van der Waals surface area (Å²) >= 11 is 0. The van der Waals surface area contributed by atoms with Crippen LogP contribution in [0.5, 0.6) is 0 Å². The third-order valence-corrected chi connectivity index (χ3v) is 4.84. The molecule has 0 aromatic heterocycles. The van der Waals surface area contributed by atoms with Gasteiger partial charge in [-0.15, -0.1) is 0 Å². The number of likely N-dealkylation sites (tertiary alicyclic amines) is 1. The van der Waals surface area contributed by atoms with Gasteiger partial charge in [0, 0.05) is 12.0 Å². The van der Waals surface area contributed by atoms with E-state index in [0.717, 1.165) is 19.4 Å². The molecule has 2 rings (SSSR count). The van der Waals surface area contributed by atoms with E-state index in [1.807, 2.05) is 0 Å². The van der Waals surface area contributed by atoms with Crippen LogP contribution in [0.25, 0.3) is 0 Å². The van der Waals surface area contributed by atoms with E-state index in [9.17, 15) is 4.79 Å². The zero-order valence-corrected chi connectivity index (χ0v) is 11.8. The Morgan fingerprint density at radius 3 is 1.83 bits per heavy atom. The number of carbonyl (C=O) groups is 1. The van der Waals surface area contributed by atoms with Crippen molar-refractivity contribution in [1.29, 1.82) is 0 Å². The fraction of sp³-hybridized carbons (Fsp3) is 0.938. The molecule has 2 aliphatic rings. The smallest absolute Gasteiger partial charge is 0.127 e. The van der Waals surface area contributed by atoms with Gasteiger partial charge in [-0.3, -0.25) is 0 Å². The largest absolute Gasteiger partial charge is 0.303 e. The fourth-order valence-electron chi connectivity index (χ4n) is 3.66. The maximum absolute atomic E-state index is 11.6. The molecule has 0 aromatic carbocycles. The van der Waals surface area contributed by atoms with Crippen LogP contribution in [0.4, 0.5) is 0 Å². The van der Waals surface area contributed by atoms with Crippen molar-refractivity contribution in [2.45, 2.75) is 70.6 Å². The van der Waals surface area contributed by atoms with Gasteiger partial charge in [-0.1, -0.05) is 44.9 Å². The van der Waals surface area contributed by atoms with Crippen LogP contribution in [0.3, 0.4) is 0 Å². The van der Waals surface area contributed by atoms with Crippen molar-refractivity contribution in [2.75, 3.05) is 19.6 Å². The molecule has 0 unspecified atom stereocenters. The van der Waals surface area contributed by atoms with E-state index in [0.29, 0.717) is 0 Å². The van der Waals surface area contributed by atoms with Crippen LogP contribution in [0.1, 0.15) is 70.6 Å². The van der Waals surface area contributed by atoms with Crippen LogP contribution in [-0.2, 0) is 4.79 Å². The Morgan fingerprint density at radius 1 is 0.778 bits per heavy atom. The average molecular weight is 251 g/mol. The lowest BCUT2D eigenvalue weighted by Crippen LogP contribution is -2.40. The van der Waals surface area contributed by atoms with E-state index in [2.05, 4.69) is 4.90 Å². The van der Waals surface area contributed by atoms with Crippen molar-refractivity contribution in [1.82, 2.24) is 4.90 Å². The zero-order chi connectivity index (χ0) is 12.7. The summed E-state index contributed by atoms with van der Waals surface area (Å²) < 4.78 is 0. The van der Waals surface area contributed by atoms with Gasteiger partial charge >= 0.3 is 0 Å². The van der Waals surface area contributed by atoms with Gasteiger partial charge < -0.3 is 9.69 Å². The Hall–Kier alpha value is -0.370. The van der Waals surface area contributed by atoms with Crippen LogP contribution in [0.2, 0.25) is 0 Å². The molecule has 0 spiro atoms. The molecule has 0 bridgehead atoms. The Labute approximate surface area is 112 Å². The molecule has 1 saturated carbocycles. The van der Waals surface area contributed by atoms with Crippen molar-refractivity contribution in [2.24, 2.45) is 5.41 Å². The molecule has 1 heterocycles. The second kappa shape index (κ2) is 7.28. The predicted octanol–water partition coefficient (Wildman–Crippen LogP) is 3.79. The second-order valence-electron chi connectivity index (χ2n) is 6.44. The highest BCUT2D eigenvalue weighted by Crippen LogP contribution is 2.34. The summed E-state index contributed by atoms with van der Waals surface area (Å²) in [4.78, 5) is 14.2. The van der Waals surface area contributed by atoms with Crippen LogP contribution in [0.15, 0.2) is 0 Å². The van der Waals surface area contributed by atoms with Gasteiger partial charge in [0.05, 0.1) is 0 Å². The van der Waals surface area contributed by atoms with Crippen LogP contribution in [-0.4, -0.2) is 30.8 Å². The maximum atomic E-state index is 11.6. The van der Waals surface area contributed by atoms with Gasteiger partial charge in [0.2, 0.25) is 0 Å². The Morgan fingerprint density at radius 2 is 1.28 bits per heavy atom. The third kappa shape index (κ3) is 4.08. The van der Waals surface area contributed by atoms with Crippen LogP contribution in [0, 0.1) is 5.41 Å². The first-order valence-electron chi connectivity index (χ1n) is 8.03. The molecule has 2 nitrogen and oxygen atoms in total. The molecule has 0 amide bonds. The third-order valence-electron chi connectivity index (χ3n) is 4.84. The maximum Gasteiger partial charge on any atom is 0.127 e. The molecule has 1 aliphatic heterocycles. The summed E-state index contributed by atoms with van der Waals surface area (Å²) in [7, 11) is 0. The molecular weight excluding hydrogens is 222 g/mol. The standard InChI is InChI=1S/C16H29NO/c18-15-16(10-6-2-3-7-11-16)14-17-12-8-4-1-5-9-13-17/h15H,1-14H2. The molecule has 0 radical (unpaired) electrons. The number of nitrogens with zero attached hydrogens (tertiary/aromatic N) is 1. The van der Waals surface area contributed by atoms with Crippen molar-refractivity contribution in [3.05, 3.63) is 0 Å². The van der Waals surface area contributed by atoms with Gasteiger partial charge in [-0.2, -0.15) is 0 Å². The molecule has 1 saturated heterocycles. The normalized spacial score (nSPS) is 26.9. The highest BCUT2D eigenvalue weighted by atomic mass is 16.1. The van der Waals surface area contributed by atoms with Crippen molar-refractivity contribution in [3.63, 3.8) is 0 Å². The highest BCUT2D eigenvalue weighted by molar-refractivity contribution is 5.59. The number of hydrogen-bond acceptors (Lipinski definition) is 2. The molecule has 104 valence electrons. The first kappa shape index (κ1) is 14.0. The first-order valence-corrected chi connectivity index (χ1v) is 8.03. The van der Waals surface area contributed by atoms with E-state index in [-0.39, 0.29) is 5.41 Å². The molecule has 0 N–H and O–H groups in total. The Balaban J connectivity index is 1.92. The van der Waals surface area contributed by atoms with Crippen molar-refractivity contribution < 1.29 is 4.79 Å². The lowest BCUT2D eigenvalue weighted by Gasteiger charge is -2.34. The topological polar surface area (TPSA) is 20.3 Å². The lowest BCUT2D eigenvalue weighted by atomic mass is 9.81. The Kier molecular flexibility index (Phi) is 5.68. The monoisotopic (exact) mass is 251 g/mol. The molecular formula is C16H29NO. The number of hydrogen-bond donors (Lipinski definition) is 0. The molecule has 2 fully saturated rings.